The van der Waals surface area contributed by atoms with Crippen LogP contribution in [0, 0.1) is 5.41 Å². The molecule has 2 aromatic carbocycles. The lowest BCUT2D eigenvalue weighted by molar-refractivity contribution is -0.138. The van der Waals surface area contributed by atoms with Crippen LogP contribution in [0.3, 0.4) is 0 Å². The third kappa shape index (κ3) is 5.36. The fourth-order valence-electron chi connectivity index (χ4n) is 3.45. The number of rotatable bonds is 8. The van der Waals surface area contributed by atoms with Gasteiger partial charge in [0.25, 0.3) is 0 Å². The Kier molecular flexibility index (Phi) is 6.13. The molecule has 6 nitrogen and oxygen atoms in total. The predicted molar refractivity (Wildman–Crippen MR) is 112 cm³/mol. The van der Waals surface area contributed by atoms with Gasteiger partial charge in [0.2, 0.25) is 5.91 Å². The summed E-state index contributed by atoms with van der Waals surface area (Å²) in [6.07, 6.45) is 1.03. The van der Waals surface area contributed by atoms with Crippen LogP contribution >= 0.6 is 0 Å². The molecule has 0 radical (unpaired) electrons. The minimum Gasteiger partial charge on any atom is -0.457 e. The molecule has 0 saturated heterocycles. The van der Waals surface area contributed by atoms with Crippen molar-refractivity contribution in [1.82, 2.24) is 15.3 Å². The van der Waals surface area contributed by atoms with Crippen LogP contribution < -0.4 is 10.1 Å². The number of alkyl halides is 3. The molecule has 9 heteroatoms. The first-order valence-corrected chi connectivity index (χ1v) is 10.3. The molecule has 1 aliphatic carbocycles. The average molecular weight is 455 g/mol. The largest absolute Gasteiger partial charge is 0.457 e. The number of nitrogens with one attached hydrogen (secondary N) is 1. The summed E-state index contributed by atoms with van der Waals surface area (Å²) in [7, 11) is 0. The van der Waals surface area contributed by atoms with Crippen LogP contribution in [0.5, 0.6) is 11.5 Å². The summed E-state index contributed by atoms with van der Waals surface area (Å²) in [6, 6.07) is 11.4. The zero-order chi connectivity index (χ0) is 23.5. The van der Waals surface area contributed by atoms with Crippen molar-refractivity contribution in [2.45, 2.75) is 32.0 Å². The molecule has 0 spiro atoms. The molecule has 1 aromatic heterocycles. The fraction of sp³-hybridized carbons (Fsp3) is 0.250. The van der Waals surface area contributed by atoms with E-state index in [2.05, 4.69) is 15.3 Å². The predicted octanol–water partition coefficient (Wildman–Crippen LogP) is 4.96. The van der Waals surface area contributed by atoms with E-state index in [-0.39, 0.29) is 36.2 Å². The van der Waals surface area contributed by atoms with Crippen molar-refractivity contribution >= 4 is 11.7 Å². The van der Waals surface area contributed by atoms with Crippen LogP contribution in [0.1, 0.15) is 40.7 Å². The quantitative estimate of drug-likeness (QED) is 0.486. The maximum Gasteiger partial charge on any atom is 0.419 e. The molecule has 4 rings (SSSR count). The van der Waals surface area contributed by atoms with Gasteiger partial charge in [0.05, 0.1) is 16.5 Å². The number of Topliss-reactive ketones (excluding diaryl/α,β-unsaturated/α-hetero) is 1. The summed E-state index contributed by atoms with van der Waals surface area (Å²) >= 11 is 0. The number of benzene rings is 2. The monoisotopic (exact) mass is 455 g/mol. The number of carbonyl (C=O) groups is 2. The maximum absolute atomic E-state index is 13.1. The molecule has 0 aliphatic heterocycles. The third-order valence-corrected chi connectivity index (χ3v) is 5.51. The summed E-state index contributed by atoms with van der Waals surface area (Å²) in [5.74, 6) is -0.414. The van der Waals surface area contributed by atoms with Crippen molar-refractivity contribution in [3.05, 3.63) is 83.9 Å². The smallest absolute Gasteiger partial charge is 0.419 e. The van der Waals surface area contributed by atoms with Crippen molar-refractivity contribution < 1.29 is 27.5 Å². The average Bonchev–Trinajstić information content (AvgIpc) is 3.59. The number of para-hydroxylation sites is 1. The summed E-state index contributed by atoms with van der Waals surface area (Å²) in [6.45, 7) is 0.225. The maximum atomic E-state index is 13.1. The first-order chi connectivity index (χ1) is 15.8. The molecule has 0 atom stereocenters. The second-order valence-corrected chi connectivity index (χ2v) is 7.93. The second kappa shape index (κ2) is 9.01. The summed E-state index contributed by atoms with van der Waals surface area (Å²) in [5.41, 5.74) is -0.442. The third-order valence-electron chi connectivity index (χ3n) is 5.51. The van der Waals surface area contributed by atoms with Crippen molar-refractivity contribution in [2.24, 2.45) is 5.41 Å². The number of halogens is 3. The molecular formula is C24H20F3N3O3. The Morgan fingerprint density at radius 1 is 1.00 bits per heavy atom. The van der Waals surface area contributed by atoms with E-state index in [1.165, 1.54) is 36.9 Å². The molecule has 0 bridgehead atoms. The van der Waals surface area contributed by atoms with Crippen LogP contribution in [0.15, 0.2) is 67.3 Å². The standard InChI is InChI=1S/C24H20F3N3O3/c25-24(26,27)19-3-1-2-4-21(19)33-18-7-5-16(6-8-18)12-30-22(32)23(9-10-23)11-20(31)17-13-28-15-29-14-17/h1-8,13-15H,9-12H2,(H,30,32). The highest BCUT2D eigenvalue weighted by molar-refractivity contribution is 6.00. The molecule has 170 valence electrons. The van der Waals surface area contributed by atoms with E-state index in [1.807, 2.05) is 0 Å². The zero-order valence-corrected chi connectivity index (χ0v) is 17.4. The minimum atomic E-state index is -4.52. The van der Waals surface area contributed by atoms with Crippen molar-refractivity contribution in [2.75, 3.05) is 0 Å². The highest BCUT2D eigenvalue weighted by atomic mass is 19.4. The van der Waals surface area contributed by atoms with Crippen LogP contribution in [0.25, 0.3) is 0 Å². The Morgan fingerprint density at radius 3 is 2.30 bits per heavy atom. The van der Waals surface area contributed by atoms with Crippen molar-refractivity contribution in [1.29, 1.82) is 0 Å². The Hall–Kier alpha value is -3.75. The van der Waals surface area contributed by atoms with Gasteiger partial charge >= 0.3 is 6.18 Å². The van der Waals surface area contributed by atoms with E-state index in [0.29, 0.717) is 18.4 Å². The number of ketones is 1. The molecule has 1 N–H and O–H groups in total. The van der Waals surface area contributed by atoms with Gasteiger partial charge in [-0.05, 0) is 42.7 Å². The van der Waals surface area contributed by atoms with Gasteiger partial charge in [0, 0.05) is 25.4 Å². The summed E-state index contributed by atoms with van der Waals surface area (Å²) < 4.78 is 44.8. The first-order valence-electron chi connectivity index (χ1n) is 10.3. The summed E-state index contributed by atoms with van der Waals surface area (Å²) in [4.78, 5) is 32.7. The lowest BCUT2D eigenvalue weighted by atomic mass is 9.95. The van der Waals surface area contributed by atoms with Crippen LogP contribution in [-0.4, -0.2) is 21.7 Å². The van der Waals surface area contributed by atoms with E-state index in [9.17, 15) is 22.8 Å². The molecule has 1 fully saturated rings. The van der Waals surface area contributed by atoms with Gasteiger partial charge in [0.1, 0.15) is 17.8 Å². The van der Waals surface area contributed by atoms with Gasteiger partial charge in [0.15, 0.2) is 5.78 Å². The Balaban J connectivity index is 1.34. The van der Waals surface area contributed by atoms with Gasteiger partial charge in [-0.2, -0.15) is 13.2 Å². The number of hydrogen-bond acceptors (Lipinski definition) is 5. The Bertz CT molecular complexity index is 1140. The van der Waals surface area contributed by atoms with Gasteiger partial charge in [-0.1, -0.05) is 24.3 Å². The molecule has 33 heavy (non-hydrogen) atoms. The Labute approximate surface area is 187 Å². The van der Waals surface area contributed by atoms with Crippen LogP contribution in [0.4, 0.5) is 13.2 Å². The number of aromatic nitrogens is 2. The van der Waals surface area contributed by atoms with Gasteiger partial charge < -0.3 is 10.1 Å². The summed E-state index contributed by atoms with van der Waals surface area (Å²) in [5, 5.41) is 2.84. The molecule has 3 aromatic rings. The Morgan fingerprint density at radius 2 is 1.67 bits per heavy atom. The highest BCUT2D eigenvalue weighted by Gasteiger charge is 2.51. The molecule has 1 saturated carbocycles. The number of hydrogen-bond donors (Lipinski definition) is 1. The SMILES string of the molecule is O=C(CC1(C(=O)NCc2ccc(Oc3ccccc3C(F)(F)F)cc2)CC1)c1cncnc1. The minimum absolute atomic E-state index is 0.0948. The number of nitrogens with zero attached hydrogens (tertiary/aromatic N) is 2. The fourth-order valence-corrected chi connectivity index (χ4v) is 3.45. The molecule has 0 unspecified atom stereocenters. The number of amides is 1. The van der Waals surface area contributed by atoms with Crippen LogP contribution in [0.2, 0.25) is 0 Å². The lowest BCUT2D eigenvalue weighted by Gasteiger charge is -2.15. The van der Waals surface area contributed by atoms with Gasteiger partial charge in [-0.15, -0.1) is 0 Å². The van der Waals surface area contributed by atoms with Crippen molar-refractivity contribution in [3.63, 3.8) is 0 Å². The molecule has 1 heterocycles. The molecule has 1 aliphatic rings. The molecule has 1 amide bonds. The van der Waals surface area contributed by atoms with Crippen molar-refractivity contribution in [3.8, 4) is 11.5 Å². The second-order valence-electron chi connectivity index (χ2n) is 7.93. The number of ether oxygens (including phenoxy) is 1. The topological polar surface area (TPSA) is 81.2 Å². The van der Waals surface area contributed by atoms with E-state index >= 15 is 0 Å². The van der Waals surface area contributed by atoms with E-state index in [0.717, 1.165) is 11.6 Å². The van der Waals surface area contributed by atoms with Gasteiger partial charge in [-0.3, -0.25) is 9.59 Å². The van der Waals surface area contributed by atoms with Crippen LogP contribution in [-0.2, 0) is 17.5 Å². The van der Waals surface area contributed by atoms with E-state index in [4.69, 9.17) is 4.74 Å². The zero-order valence-electron chi connectivity index (χ0n) is 17.4. The lowest BCUT2D eigenvalue weighted by Crippen LogP contribution is -2.33. The van der Waals surface area contributed by atoms with E-state index in [1.54, 1.807) is 24.3 Å². The van der Waals surface area contributed by atoms with Gasteiger partial charge in [-0.25, -0.2) is 9.97 Å². The highest BCUT2D eigenvalue weighted by Crippen LogP contribution is 2.49. The molecular weight excluding hydrogens is 435 g/mol. The number of carbonyl (C=O) groups excluding carboxylic acids is 2. The first kappa shape index (κ1) is 22.4. The van der Waals surface area contributed by atoms with E-state index < -0.39 is 17.2 Å². The normalized spacial score (nSPS) is 14.4.